The van der Waals surface area contributed by atoms with Crippen LogP contribution in [0.1, 0.15) is 42.5 Å². The van der Waals surface area contributed by atoms with Crippen LogP contribution in [0.4, 0.5) is 11.4 Å². The van der Waals surface area contributed by atoms with Gasteiger partial charge < -0.3 is 19.7 Å². The molecule has 1 heterocycles. The Morgan fingerprint density at radius 1 is 1.21 bits per heavy atom. The topological polar surface area (TPSA) is 111 Å². The van der Waals surface area contributed by atoms with Crippen molar-refractivity contribution in [3.8, 4) is 0 Å². The molecule has 2 aliphatic rings. The van der Waals surface area contributed by atoms with Gasteiger partial charge in [0.1, 0.15) is 5.69 Å². The van der Waals surface area contributed by atoms with Crippen LogP contribution in [0, 0.1) is 10.1 Å². The predicted molar refractivity (Wildman–Crippen MR) is 101 cm³/mol. The second kappa shape index (κ2) is 9.50. The van der Waals surface area contributed by atoms with Crippen molar-refractivity contribution < 1.29 is 24.0 Å². The second-order valence-corrected chi connectivity index (χ2v) is 7.04. The van der Waals surface area contributed by atoms with Crippen molar-refractivity contribution in [3.05, 3.63) is 33.9 Å². The van der Waals surface area contributed by atoms with Crippen molar-refractivity contribution in [2.75, 3.05) is 37.8 Å². The largest absolute Gasteiger partial charge is 0.452 e. The maximum absolute atomic E-state index is 12.2. The number of morpholine rings is 1. The van der Waals surface area contributed by atoms with Gasteiger partial charge in [-0.1, -0.05) is 19.3 Å². The van der Waals surface area contributed by atoms with Gasteiger partial charge in [0.15, 0.2) is 6.61 Å². The van der Waals surface area contributed by atoms with Crippen LogP contribution in [-0.4, -0.2) is 55.8 Å². The summed E-state index contributed by atoms with van der Waals surface area (Å²) in [7, 11) is 0. The molecule has 1 amide bonds. The van der Waals surface area contributed by atoms with E-state index in [4.69, 9.17) is 9.47 Å². The fraction of sp³-hybridized carbons (Fsp3) is 0.579. The number of hydrogen-bond acceptors (Lipinski definition) is 7. The molecule has 1 saturated heterocycles. The number of nitro benzene ring substituents is 1. The number of carbonyl (C=O) groups is 2. The number of rotatable bonds is 6. The molecule has 1 N–H and O–H groups in total. The van der Waals surface area contributed by atoms with E-state index in [1.54, 1.807) is 6.07 Å². The SMILES string of the molecule is O=C(COC(=O)c1ccc(N2CCOCC2)c([N+](=O)[O-])c1)NC1CCCCC1. The third-order valence-electron chi connectivity index (χ3n) is 5.06. The minimum Gasteiger partial charge on any atom is -0.452 e. The average molecular weight is 391 g/mol. The summed E-state index contributed by atoms with van der Waals surface area (Å²) in [4.78, 5) is 37.0. The molecular weight excluding hydrogens is 366 g/mol. The van der Waals surface area contributed by atoms with E-state index in [0.717, 1.165) is 25.7 Å². The minimum absolute atomic E-state index is 0.0502. The van der Waals surface area contributed by atoms with E-state index >= 15 is 0 Å². The summed E-state index contributed by atoms with van der Waals surface area (Å²) in [5, 5.41) is 14.3. The number of amides is 1. The monoisotopic (exact) mass is 391 g/mol. The Morgan fingerprint density at radius 2 is 1.93 bits per heavy atom. The van der Waals surface area contributed by atoms with Crippen molar-refractivity contribution in [2.24, 2.45) is 0 Å². The summed E-state index contributed by atoms with van der Waals surface area (Å²) >= 11 is 0. The van der Waals surface area contributed by atoms with Crippen molar-refractivity contribution in [2.45, 2.75) is 38.1 Å². The number of anilines is 1. The van der Waals surface area contributed by atoms with Crippen LogP contribution >= 0.6 is 0 Å². The Labute approximate surface area is 163 Å². The molecule has 1 aromatic rings. The molecule has 0 atom stereocenters. The van der Waals surface area contributed by atoms with Crippen LogP contribution in [-0.2, 0) is 14.3 Å². The first-order chi connectivity index (χ1) is 13.5. The van der Waals surface area contributed by atoms with Gasteiger partial charge in [-0.15, -0.1) is 0 Å². The molecule has 1 aliphatic carbocycles. The van der Waals surface area contributed by atoms with Gasteiger partial charge in [-0.25, -0.2) is 4.79 Å². The fourth-order valence-corrected chi connectivity index (χ4v) is 3.60. The predicted octanol–water partition coefficient (Wildman–Crippen LogP) is 2.04. The molecule has 1 saturated carbocycles. The average Bonchev–Trinajstić information content (AvgIpc) is 2.73. The molecule has 0 spiro atoms. The highest BCUT2D eigenvalue weighted by Gasteiger charge is 2.24. The van der Waals surface area contributed by atoms with E-state index < -0.39 is 17.5 Å². The highest BCUT2D eigenvalue weighted by atomic mass is 16.6. The van der Waals surface area contributed by atoms with E-state index in [0.29, 0.717) is 32.0 Å². The van der Waals surface area contributed by atoms with Crippen LogP contribution in [0.2, 0.25) is 0 Å². The molecular formula is C19H25N3O6. The van der Waals surface area contributed by atoms with Gasteiger partial charge in [-0.05, 0) is 25.0 Å². The molecule has 0 bridgehead atoms. The first-order valence-corrected chi connectivity index (χ1v) is 9.62. The van der Waals surface area contributed by atoms with E-state index in [1.165, 1.54) is 18.6 Å². The van der Waals surface area contributed by atoms with Crippen LogP contribution in [0.3, 0.4) is 0 Å². The van der Waals surface area contributed by atoms with E-state index in [1.807, 2.05) is 4.90 Å². The quantitative estimate of drug-likeness (QED) is 0.449. The maximum Gasteiger partial charge on any atom is 0.338 e. The summed E-state index contributed by atoms with van der Waals surface area (Å²) in [6.07, 6.45) is 5.23. The molecule has 2 fully saturated rings. The number of nitrogens with one attached hydrogen (secondary N) is 1. The second-order valence-electron chi connectivity index (χ2n) is 7.04. The molecule has 152 valence electrons. The highest BCUT2D eigenvalue weighted by Crippen LogP contribution is 2.30. The molecule has 0 radical (unpaired) electrons. The molecule has 1 aliphatic heterocycles. The Balaban J connectivity index is 1.60. The molecule has 9 nitrogen and oxygen atoms in total. The summed E-state index contributed by atoms with van der Waals surface area (Å²) in [6, 6.07) is 4.36. The molecule has 0 unspecified atom stereocenters. The normalized spacial score (nSPS) is 17.8. The third kappa shape index (κ3) is 5.19. The van der Waals surface area contributed by atoms with Crippen molar-refractivity contribution >= 4 is 23.3 Å². The van der Waals surface area contributed by atoms with Crippen molar-refractivity contribution in [1.29, 1.82) is 0 Å². The van der Waals surface area contributed by atoms with Crippen LogP contribution in [0.5, 0.6) is 0 Å². The number of nitro groups is 1. The Kier molecular flexibility index (Phi) is 6.80. The maximum atomic E-state index is 12.2. The van der Waals surface area contributed by atoms with Crippen LogP contribution in [0.25, 0.3) is 0 Å². The van der Waals surface area contributed by atoms with Gasteiger partial charge in [0.05, 0.1) is 23.7 Å². The smallest absolute Gasteiger partial charge is 0.338 e. The van der Waals surface area contributed by atoms with Gasteiger partial charge in [0.25, 0.3) is 11.6 Å². The molecule has 28 heavy (non-hydrogen) atoms. The summed E-state index contributed by atoms with van der Waals surface area (Å²) in [6.45, 7) is 1.69. The van der Waals surface area contributed by atoms with Crippen molar-refractivity contribution in [3.63, 3.8) is 0 Å². The Bertz CT molecular complexity index is 726. The molecule has 3 rings (SSSR count). The van der Waals surface area contributed by atoms with Gasteiger partial charge in [-0.3, -0.25) is 14.9 Å². The van der Waals surface area contributed by atoms with Gasteiger partial charge >= 0.3 is 5.97 Å². The number of hydrogen-bond donors (Lipinski definition) is 1. The van der Waals surface area contributed by atoms with Crippen LogP contribution in [0.15, 0.2) is 18.2 Å². The lowest BCUT2D eigenvalue weighted by Gasteiger charge is -2.28. The van der Waals surface area contributed by atoms with Gasteiger partial charge in [-0.2, -0.15) is 0 Å². The zero-order chi connectivity index (χ0) is 19.9. The van der Waals surface area contributed by atoms with Gasteiger partial charge in [0, 0.05) is 25.2 Å². The number of esters is 1. The van der Waals surface area contributed by atoms with E-state index in [-0.39, 0.29) is 23.2 Å². The van der Waals surface area contributed by atoms with Gasteiger partial charge in [0.2, 0.25) is 0 Å². The van der Waals surface area contributed by atoms with Crippen molar-refractivity contribution in [1.82, 2.24) is 5.32 Å². The summed E-state index contributed by atoms with van der Waals surface area (Å²) < 4.78 is 10.3. The standard InChI is InChI=1S/C19H25N3O6/c23-18(20-15-4-2-1-3-5-15)13-28-19(24)14-6-7-16(17(12-14)22(25)26)21-8-10-27-11-9-21/h6-7,12,15H,1-5,8-11,13H2,(H,20,23). The first-order valence-electron chi connectivity index (χ1n) is 9.62. The summed E-state index contributed by atoms with van der Waals surface area (Å²) in [5.41, 5.74) is 0.331. The third-order valence-corrected chi connectivity index (χ3v) is 5.06. The lowest BCUT2D eigenvalue weighted by Crippen LogP contribution is -2.38. The van der Waals surface area contributed by atoms with E-state index in [9.17, 15) is 19.7 Å². The lowest BCUT2D eigenvalue weighted by atomic mass is 9.95. The number of ether oxygens (including phenoxy) is 2. The number of carbonyl (C=O) groups excluding carboxylic acids is 2. The molecule has 1 aromatic carbocycles. The molecule has 9 heteroatoms. The first kappa shape index (κ1) is 20.1. The summed E-state index contributed by atoms with van der Waals surface area (Å²) in [5.74, 6) is -1.10. The molecule has 0 aromatic heterocycles. The Hall–Kier alpha value is -2.68. The van der Waals surface area contributed by atoms with E-state index in [2.05, 4.69) is 5.32 Å². The Morgan fingerprint density at radius 3 is 2.61 bits per heavy atom. The van der Waals surface area contributed by atoms with Crippen LogP contribution < -0.4 is 10.2 Å². The highest BCUT2D eigenvalue weighted by molar-refractivity contribution is 5.93. The number of benzene rings is 1. The number of nitrogens with zero attached hydrogens (tertiary/aromatic N) is 2. The fourth-order valence-electron chi connectivity index (χ4n) is 3.60. The lowest BCUT2D eigenvalue weighted by molar-refractivity contribution is -0.384. The zero-order valence-electron chi connectivity index (χ0n) is 15.7. The minimum atomic E-state index is -0.754. The zero-order valence-corrected chi connectivity index (χ0v) is 15.7.